The number of piperidine rings is 1. The van der Waals surface area contributed by atoms with Gasteiger partial charge in [0.1, 0.15) is 6.34 Å². The number of hydrogen-bond donors (Lipinski definition) is 1. The first-order valence-corrected chi connectivity index (χ1v) is 9.73. The van der Waals surface area contributed by atoms with Crippen LogP contribution in [0.1, 0.15) is 65.2 Å². The fraction of sp³-hybridized carbons (Fsp3) is 0.800. The van der Waals surface area contributed by atoms with Gasteiger partial charge in [0.05, 0.1) is 6.67 Å². The van der Waals surface area contributed by atoms with Crippen molar-refractivity contribution in [2.24, 2.45) is 27.1 Å². The molecule has 4 nitrogen and oxygen atoms in total. The zero-order valence-corrected chi connectivity index (χ0v) is 15.7. The minimum Gasteiger partial charge on any atom is -0.327 e. The molecule has 0 aromatic rings. The molecule has 0 aromatic heterocycles. The summed E-state index contributed by atoms with van der Waals surface area (Å²) in [5, 5.41) is 0. The summed E-state index contributed by atoms with van der Waals surface area (Å²) in [5.41, 5.74) is 7.83. The Labute approximate surface area is 148 Å². The highest BCUT2D eigenvalue weighted by molar-refractivity contribution is 5.90. The lowest BCUT2D eigenvalue weighted by molar-refractivity contribution is 0.111. The molecule has 0 radical (unpaired) electrons. The SMILES string of the molecule is C=CC(C/C(CC)=N/C=N\CN1CCC2(CCCC2)CC1)C(C)N. The maximum atomic E-state index is 5.99. The number of likely N-dealkylation sites (tertiary alicyclic amines) is 1. The Balaban J connectivity index is 1.75. The fourth-order valence-corrected chi connectivity index (χ4v) is 4.11. The van der Waals surface area contributed by atoms with E-state index in [0.29, 0.717) is 11.3 Å². The third-order valence-electron chi connectivity index (χ3n) is 6.04. The van der Waals surface area contributed by atoms with Gasteiger partial charge in [0.15, 0.2) is 0 Å². The number of nitrogens with two attached hydrogens (primary N) is 1. The molecule has 2 atom stereocenters. The smallest absolute Gasteiger partial charge is 0.111 e. The van der Waals surface area contributed by atoms with Crippen LogP contribution in [0.4, 0.5) is 0 Å². The van der Waals surface area contributed by atoms with Gasteiger partial charge in [-0.15, -0.1) is 6.58 Å². The summed E-state index contributed by atoms with van der Waals surface area (Å²) in [6, 6.07) is 0.118. The molecule has 1 aliphatic carbocycles. The van der Waals surface area contributed by atoms with Crippen LogP contribution in [0.2, 0.25) is 0 Å². The van der Waals surface area contributed by atoms with Crippen molar-refractivity contribution in [1.82, 2.24) is 4.90 Å². The Kier molecular flexibility index (Phi) is 7.63. The molecule has 2 rings (SSSR count). The lowest BCUT2D eigenvalue weighted by Gasteiger charge is -2.38. The van der Waals surface area contributed by atoms with Crippen molar-refractivity contribution in [2.45, 2.75) is 71.3 Å². The molecule has 1 aliphatic heterocycles. The van der Waals surface area contributed by atoms with Crippen molar-refractivity contribution in [3.05, 3.63) is 12.7 Å². The highest BCUT2D eigenvalue weighted by atomic mass is 15.2. The third-order valence-corrected chi connectivity index (χ3v) is 6.04. The lowest BCUT2D eigenvalue weighted by Crippen LogP contribution is -2.38. The van der Waals surface area contributed by atoms with Crippen LogP contribution in [0.15, 0.2) is 22.6 Å². The second-order valence-electron chi connectivity index (χ2n) is 7.78. The fourth-order valence-electron chi connectivity index (χ4n) is 4.11. The van der Waals surface area contributed by atoms with Gasteiger partial charge in [-0.2, -0.15) is 0 Å². The van der Waals surface area contributed by atoms with Gasteiger partial charge in [0, 0.05) is 24.8 Å². The van der Waals surface area contributed by atoms with Gasteiger partial charge in [-0.3, -0.25) is 9.89 Å². The zero-order chi connectivity index (χ0) is 17.4. The molecule has 136 valence electrons. The minimum atomic E-state index is 0.118. The van der Waals surface area contributed by atoms with E-state index in [-0.39, 0.29) is 6.04 Å². The van der Waals surface area contributed by atoms with Gasteiger partial charge in [-0.1, -0.05) is 25.8 Å². The van der Waals surface area contributed by atoms with Gasteiger partial charge >= 0.3 is 0 Å². The monoisotopic (exact) mass is 332 g/mol. The topological polar surface area (TPSA) is 54.0 Å². The van der Waals surface area contributed by atoms with E-state index in [0.717, 1.165) is 25.2 Å². The summed E-state index contributed by atoms with van der Waals surface area (Å²) in [7, 11) is 0. The molecular weight excluding hydrogens is 296 g/mol. The van der Waals surface area contributed by atoms with Crippen molar-refractivity contribution in [3.8, 4) is 0 Å². The number of rotatable bonds is 8. The van der Waals surface area contributed by atoms with E-state index >= 15 is 0 Å². The first-order valence-electron chi connectivity index (χ1n) is 9.73. The van der Waals surface area contributed by atoms with Crippen LogP contribution in [0.25, 0.3) is 0 Å². The molecule has 1 saturated carbocycles. The van der Waals surface area contributed by atoms with Gasteiger partial charge in [0.2, 0.25) is 0 Å². The minimum absolute atomic E-state index is 0.118. The summed E-state index contributed by atoms with van der Waals surface area (Å²) in [6.45, 7) is 11.2. The molecule has 2 N–H and O–H groups in total. The molecule has 2 fully saturated rings. The first-order chi connectivity index (χ1) is 11.6. The summed E-state index contributed by atoms with van der Waals surface area (Å²) in [4.78, 5) is 11.6. The summed E-state index contributed by atoms with van der Waals surface area (Å²) >= 11 is 0. The molecular formula is C20H36N4. The molecule has 0 aromatic carbocycles. The predicted octanol–water partition coefficient (Wildman–Crippen LogP) is 4.02. The Hall–Kier alpha value is -1.00. The lowest BCUT2D eigenvalue weighted by atomic mass is 9.77. The van der Waals surface area contributed by atoms with Gasteiger partial charge in [-0.05, 0) is 56.8 Å². The molecule has 2 unspecified atom stereocenters. The van der Waals surface area contributed by atoms with Crippen LogP contribution in [0, 0.1) is 11.3 Å². The highest BCUT2D eigenvalue weighted by Crippen LogP contribution is 2.45. The summed E-state index contributed by atoms with van der Waals surface area (Å²) < 4.78 is 0. The van der Waals surface area contributed by atoms with Gasteiger partial charge in [0.25, 0.3) is 0 Å². The first kappa shape index (κ1) is 19.3. The summed E-state index contributed by atoms with van der Waals surface area (Å²) in [6.07, 6.45) is 14.0. The second kappa shape index (κ2) is 9.47. The van der Waals surface area contributed by atoms with Crippen molar-refractivity contribution >= 4 is 12.1 Å². The van der Waals surface area contributed by atoms with E-state index in [1.807, 2.05) is 13.0 Å². The molecule has 0 amide bonds. The van der Waals surface area contributed by atoms with Crippen molar-refractivity contribution in [2.75, 3.05) is 19.8 Å². The predicted molar refractivity (Wildman–Crippen MR) is 105 cm³/mol. The van der Waals surface area contributed by atoms with Crippen molar-refractivity contribution in [3.63, 3.8) is 0 Å². The third kappa shape index (κ3) is 5.52. The number of hydrogen-bond acceptors (Lipinski definition) is 3. The van der Waals surface area contributed by atoms with E-state index in [2.05, 4.69) is 28.4 Å². The quantitative estimate of drug-likeness (QED) is 0.415. The molecule has 1 heterocycles. The van der Waals surface area contributed by atoms with Crippen molar-refractivity contribution in [1.29, 1.82) is 0 Å². The molecule has 24 heavy (non-hydrogen) atoms. The maximum Gasteiger partial charge on any atom is 0.111 e. The maximum absolute atomic E-state index is 5.99. The van der Waals surface area contributed by atoms with Gasteiger partial charge in [-0.25, -0.2) is 4.99 Å². The second-order valence-corrected chi connectivity index (χ2v) is 7.78. The largest absolute Gasteiger partial charge is 0.327 e. The normalized spacial score (nSPS) is 24.5. The van der Waals surface area contributed by atoms with Crippen LogP contribution >= 0.6 is 0 Å². The molecule has 0 bridgehead atoms. The van der Waals surface area contributed by atoms with E-state index < -0.39 is 0 Å². The molecule has 2 aliphatic rings. The van der Waals surface area contributed by atoms with Crippen LogP contribution < -0.4 is 5.73 Å². The summed E-state index contributed by atoms with van der Waals surface area (Å²) in [5.74, 6) is 0.293. The average Bonchev–Trinajstić information content (AvgIpc) is 3.04. The Morgan fingerprint density at radius 2 is 1.92 bits per heavy atom. The Morgan fingerprint density at radius 3 is 2.46 bits per heavy atom. The molecule has 1 saturated heterocycles. The zero-order valence-electron chi connectivity index (χ0n) is 15.7. The van der Waals surface area contributed by atoms with E-state index in [1.165, 1.54) is 51.6 Å². The van der Waals surface area contributed by atoms with Gasteiger partial charge < -0.3 is 5.73 Å². The average molecular weight is 333 g/mol. The Bertz CT molecular complexity index is 437. The Morgan fingerprint density at radius 1 is 1.25 bits per heavy atom. The van der Waals surface area contributed by atoms with Crippen LogP contribution in [0.5, 0.6) is 0 Å². The van der Waals surface area contributed by atoms with Crippen LogP contribution in [0.3, 0.4) is 0 Å². The van der Waals surface area contributed by atoms with Crippen molar-refractivity contribution < 1.29 is 0 Å². The number of aliphatic imine (C=N–C) groups is 2. The number of nitrogens with zero attached hydrogens (tertiary/aromatic N) is 3. The molecule has 1 spiro atoms. The van der Waals surface area contributed by atoms with Crippen LogP contribution in [-0.4, -0.2) is 42.8 Å². The van der Waals surface area contributed by atoms with E-state index in [4.69, 9.17) is 5.73 Å². The van der Waals surface area contributed by atoms with Crippen LogP contribution in [-0.2, 0) is 0 Å². The standard InChI is InChI=1S/C20H36N4/c1-4-18(17(3)21)14-19(5-2)23-15-22-16-24-12-10-20(11-13-24)8-6-7-9-20/h4,15,17-18H,1,5-14,16,21H2,2-3H3/b22-15-,23-19+. The highest BCUT2D eigenvalue weighted by Gasteiger charge is 2.36. The van der Waals surface area contributed by atoms with E-state index in [1.54, 1.807) is 6.34 Å². The molecule has 4 heteroatoms. The van der Waals surface area contributed by atoms with E-state index in [9.17, 15) is 0 Å².